The minimum absolute atomic E-state index is 0.0213. The fourth-order valence-corrected chi connectivity index (χ4v) is 4.87. The lowest BCUT2D eigenvalue weighted by atomic mass is 10.2. The first-order valence-electron chi connectivity index (χ1n) is 6.71. The molecule has 1 amide bonds. The molecule has 1 aliphatic heterocycles. The molecular formula is C13H13N3O2S2. The van der Waals surface area contributed by atoms with Crippen LogP contribution in [-0.2, 0) is 17.6 Å². The molecule has 1 atom stereocenters. The Hall–Kier alpha value is -1.47. The van der Waals surface area contributed by atoms with E-state index in [1.54, 1.807) is 15.9 Å². The van der Waals surface area contributed by atoms with Crippen LogP contribution in [0.3, 0.4) is 0 Å². The Morgan fingerprint density at radius 3 is 2.90 bits per heavy atom. The van der Waals surface area contributed by atoms with Crippen LogP contribution in [0.25, 0.3) is 10.2 Å². The molecule has 1 unspecified atom stereocenters. The standard InChI is InChI=1S/C13H13N3O2S2/c17-9-4-6(5-14-9)16-12(18)10-7-2-1-3-8(7)20-11(10)15-13(16)19/h6H,1-5H2,(H,14,17)(H,15,19). The summed E-state index contributed by atoms with van der Waals surface area (Å²) in [5.74, 6) is -0.0213. The van der Waals surface area contributed by atoms with Crippen LogP contribution in [0.2, 0.25) is 0 Å². The van der Waals surface area contributed by atoms with Crippen LogP contribution in [0, 0.1) is 4.77 Å². The molecule has 3 heterocycles. The fourth-order valence-electron chi connectivity index (χ4n) is 3.19. The summed E-state index contributed by atoms with van der Waals surface area (Å²) >= 11 is 6.97. The van der Waals surface area contributed by atoms with E-state index in [1.165, 1.54) is 10.4 Å². The minimum Gasteiger partial charge on any atom is -0.354 e. The van der Waals surface area contributed by atoms with Crippen molar-refractivity contribution >= 4 is 39.7 Å². The number of aromatic amines is 1. The summed E-state index contributed by atoms with van der Waals surface area (Å²) in [6.45, 7) is 0.480. The van der Waals surface area contributed by atoms with Gasteiger partial charge in [-0.05, 0) is 37.0 Å². The molecule has 0 radical (unpaired) electrons. The number of H-pyrrole nitrogens is 1. The van der Waals surface area contributed by atoms with Gasteiger partial charge in [0.2, 0.25) is 5.91 Å². The number of nitrogens with one attached hydrogen (secondary N) is 2. The summed E-state index contributed by atoms with van der Waals surface area (Å²) in [6, 6.07) is -0.167. The predicted octanol–water partition coefficient (Wildman–Crippen LogP) is 1.67. The maximum atomic E-state index is 12.8. The van der Waals surface area contributed by atoms with Crippen molar-refractivity contribution in [3.05, 3.63) is 25.6 Å². The van der Waals surface area contributed by atoms with Crippen molar-refractivity contribution < 1.29 is 4.79 Å². The molecular weight excluding hydrogens is 294 g/mol. The van der Waals surface area contributed by atoms with E-state index in [0.29, 0.717) is 17.7 Å². The maximum Gasteiger partial charge on any atom is 0.263 e. The van der Waals surface area contributed by atoms with Crippen molar-refractivity contribution in [2.24, 2.45) is 0 Å². The van der Waals surface area contributed by atoms with Gasteiger partial charge in [-0.1, -0.05) is 0 Å². The van der Waals surface area contributed by atoms with Crippen molar-refractivity contribution in [3.8, 4) is 0 Å². The highest BCUT2D eigenvalue weighted by atomic mass is 32.1. The first-order valence-corrected chi connectivity index (χ1v) is 7.93. The molecule has 7 heteroatoms. The van der Waals surface area contributed by atoms with Gasteiger partial charge in [0.1, 0.15) is 4.83 Å². The number of nitrogens with zero attached hydrogens (tertiary/aromatic N) is 1. The fraction of sp³-hybridized carbons (Fsp3) is 0.462. The van der Waals surface area contributed by atoms with Crippen LogP contribution in [0.15, 0.2) is 4.79 Å². The molecule has 104 valence electrons. The number of fused-ring (bicyclic) bond motifs is 3. The topological polar surface area (TPSA) is 66.9 Å². The highest BCUT2D eigenvalue weighted by Gasteiger charge is 2.27. The molecule has 2 aromatic heterocycles. The summed E-state index contributed by atoms with van der Waals surface area (Å²) in [6.07, 6.45) is 3.47. The van der Waals surface area contributed by atoms with E-state index in [2.05, 4.69) is 10.3 Å². The third kappa shape index (κ3) is 1.63. The molecule has 0 aromatic carbocycles. The van der Waals surface area contributed by atoms with Crippen LogP contribution in [-0.4, -0.2) is 22.0 Å². The van der Waals surface area contributed by atoms with Crippen LogP contribution in [0.4, 0.5) is 0 Å². The van der Waals surface area contributed by atoms with E-state index in [9.17, 15) is 9.59 Å². The van der Waals surface area contributed by atoms with Crippen molar-refractivity contribution in [1.29, 1.82) is 0 Å². The van der Waals surface area contributed by atoms with Gasteiger partial charge in [-0.15, -0.1) is 11.3 Å². The number of rotatable bonds is 1. The molecule has 0 saturated carbocycles. The third-order valence-corrected chi connectivity index (χ3v) is 5.62. The second-order valence-electron chi connectivity index (χ2n) is 5.33. The number of hydrogen-bond donors (Lipinski definition) is 2. The number of carbonyl (C=O) groups excluding carboxylic acids is 1. The van der Waals surface area contributed by atoms with Gasteiger partial charge in [0.15, 0.2) is 4.77 Å². The van der Waals surface area contributed by atoms with Crippen LogP contribution < -0.4 is 10.9 Å². The van der Waals surface area contributed by atoms with E-state index in [1.807, 2.05) is 0 Å². The SMILES string of the molecule is O=C1CC(n2c(=S)[nH]c3sc4c(c3c2=O)CCC4)CN1. The first-order chi connectivity index (χ1) is 9.65. The molecule has 2 aromatic rings. The zero-order chi connectivity index (χ0) is 13.9. The average molecular weight is 307 g/mol. The second-order valence-corrected chi connectivity index (χ2v) is 6.82. The lowest BCUT2D eigenvalue weighted by Gasteiger charge is -2.12. The second kappa shape index (κ2) is 4.26. The molecule has 0 bridgehead atoms. The van der Waals surface area contributed by atoms with E-state index in [0.717, 1.165) is 29.5 Å². The van der Waals surface area contributed by atoms with Crippen LogP contribution in [0.5, 0.6) is 0 Å². The predicted molar refractivity (Wildman–Crippen MR) is 80.0 cm³/mol. The summed E-state index contributed by atoms with van der Waals surface area (Å²) < 4.78 is 2.00. The van der Waals surface area contributed by atoms with E-state index >= 15 is 0 Å². The molecule has 2 N–H and O–H groups in total. The Morgan fingerprint density at radius 2 is 2.15 bits per heavy atom. The highest BCUT2D eigenvalue weighted by Crippen LogP contribution is 2.34. The Labute approximate surface area is 123 Å². The van der Waals surface area contributed by atoms with E-state index in [4.69, 9.17) is 12.2 Å². The smallest absolute Gasteiger partial charge is 0.263 e. The van der Waals surface area contributed by atoms with Gasteiger partial charge >= 0.3 is 0 Å². The van der Waals surface area contributed by atoms with Gasteiger partial charge in [0.25, 0.3) is 5.56 Å². The van der Waals surface area contributed by atoms with E-state index in [-0.39, 0.29) is 17.5 Å². The summed E-state index contributed by atoms with van der Waals surface area (Å²) in [5, 5.41) is 3.55. The minimum atomic E-state index is -0.167. The van der Waals surface area contributed by atoms with Crippen molar-refractivity contribution in [3.63, 3.8) is 0 Å². The van der Waals surface area contributed by atoms with E-state index < -0.39 is 0 Å². The van der Waals surface area contributed by atoms with Crippen LogP contribution >= 0.6 is 23.6 Å². The first kappa shape index (κ1) is 12.3. The van der Waals surface area contributed by atoms with Gasteiger partial charge < -0.3 is 10.3 Å². The molecule has 2 aliphatic rings. The molecule has 20 heavy (non-hydrogen) atoms. The number of thiophene rings is 1. The summed E-state index contributed by atoms with van der Waals surface area (Å²) in [7, 11) is 0. The molecule has 4 rings (SSSR count). The number of aromatic nitrogens is 2. The van der Waals surface area contributed by atoms with Crippen molar-refractivity contribution in [2.75, 3.05) is 6.54 Å². The van der Waals surface area contributed by atoms with Gasteiger partial charge in [0, 0.05) is 17.8 Å². The molecule has 0 spiro atoms. The molecule has 1 fully saturated rings. The third-order valence-electron chi connectivity index (χ3n) is 4.11. The lowest BCUT2D eigenvalue weighted by Crippen LogP contribution is -2.28. The largest absolute Gasteiger partial charge is 0.354 e. The van der Waals surface area contributed by atoms with Crippen molar-refractivity contribution in [2.45, 2.75) is 31.7 Å². The summed E-state index contributed by atoms with van der Waals surface area (Å²) in [5.41, 5.74) is 1.15. The Kier molecular flexibility index (Phi) is 2.62. The number of aryl methyl sites for hydroxylation is 2. The Bertz CT molecular complexity index is 846. The number of hydrogen-bond acceptors (Lipinski definition) is 4. The zero-order valence-electron chi connectivity index (χ0n) is 10.7. The Morgan fingerprint density at radius 1 is 1.30 bits per heavy atom. The van der Waals surface area contributed by atoms with Gasteiger partial charge in [-0.2, -0.15) is 0 Å². The molecule has 1 saturated heterocycles. The monoisotopic (exact) mass is 307 g/mol. The summed E-state index contributed by atoms with van der Waals surface area (Å²) in [4.78, 5) is 29.6. The van der Waals surface area contributed by atoms with Crippen molar-refractivity contribution in [1.82, 2.24) is 14.9 Å². The maximum absolute atomic E-state index is 12.8. The molecule has 1 aliphatic carbocycles. The normalized spacial score (nSPS) is 21.4. The number of carbonyl (C=O) groups is 1. The van der Waals surface area contributed by atoms with Gasteiger partial charge in [-0.25, -0.2) is 0 Å². The quantitative estimate of drug-likeness (QED) is 0.788. The average Bonchev–Trinajstić information content (AvgIpc) is 3.04. The lowest BCUT2D eigenvalue weighted by molar-refractivity contribution is -0.119. The number of amides is 1. The van der Waals surface area contributed by atoms with Gasteiger partial charge in [-0.3, -0.25) is 14.2 Å². The van der Waals surface area contributed by atoms with Crippen LogP contribution in [0.1, 0.15) is 29.3 Å². The Balaban J connectivity index is 2.00. The zero-order valence-corrected chi connectivity index (χ0v) is 12.3. The highest BCUT2D eigenvalue weighted by molar-refractivity contribution is 7.71. The van der Waals surface area contributed by atoms with Gasteiger partial charge in [0.05, 0.1) is 11.4 Å². The molecule has 5 nitrogen and oxygen atoms in total.